The summed E-state index contributed by atoms with van der Waals surface area (Å²) in [6.45, 7) is -0.0359. The quantitative estimate of drug-likeness (QED) is 0.316. The van der Waals surface area contributed by atoms with Gasteiger partial charge in [-0.1, -0.05) is 29.4 Å². The summed E-state index contributed by atoms with van der Waals surface area (Å²) in [6.07, 6.45) is -0.756. The van der Waals surface area contributed by atoms with Gasteiger partial charge in [0.15, 0.2) is 6.29 Å². The van der Waals surface area contributed by atoms with Gasteiger partial charge < -0.3 is 19.7 Å². The number of aliphatic hydroxyl groups is 2. The summed E-state index contributed by atoms with van der Waals surface area (Å²) < 4.78 is 10.3. The number of aliphatic hydroxyl groups excluding tert-OH is 2. The molecule has 0 unspecified atom stereocenters. The van der Waals surface area contributed by atoms with Crippen LogP contribution in [0.2, 0.25) is 0 Å². The Labute approximate surface area is 104 Å². The maximum absolute atomic E-state index is 8.96. The molecule has 0 aliphatic carbocycles. The number of ether oxygens (including phenoxy) is 2. The minimum absolute atomic E-state index is 0.112. The molecule has 0 heterocycles. The van der Waals surface area contributed by atoms with Crippen molar-refractivity contribution in [2.75, 3.05) is 19.8 Å². The van der Waals surface area contributed by atoms with Crippen molar-refractivity contribution in [2.24, 2.45) is 5.11 Å². The van der Waals surface area contributed by atoms with Gasteiger partial charge >= 0.3 is 0 Å². The molecule has 0 saturated heterocycles. The third-order valence-corrected chi connectivity index (χ3v) is 2.08. The molecule has 0 aliphatic heterocycles. The average molecular weight is 253 g/mol. The summed E-state index contributed by atoms with van der Waals surface area (Å²) in [7, 11) is 0. The summed E-state index contributed by atoms with van der Waals surface area (Å²) in [5.74, 6) is 0. The van der Waals surface area contributed by atoms with Crippen LogP contribution in [0.15, 0.2) is 29.4 Å². The third-order valence-electron chi connectivity index (χ3n) is 2.08. The number of hydrogen-bond acceptors (Lipinski definition) is 5. The second-order valence-electron chi connectivity index (χ2n) is 3.37. The maximum atomic E-state index is 8.96. The number of hydrogen-bond donors (Lipinski definition) is 2. The molecule has 2 N–H and O–H groups in total. The van der Waals surface area contributed by atoms with Crippen LogP contribution in [0.3, 0.4) is 0 Å². The van der Waals surface area contributed by atoms with Gasteiger partial charge in [0, 0.05) is 10.6 Å². The summed E-state index contributed by atoms with van der Waals surface area (Å²) in [5.41, 5.74) is 9.63. The molecule has 0 aliphatic rings. The predicted octanol–water partition coefficient (Wildman–Crippen LogP) is 1.47. The third kappa shape index (κ3) is 5.13. The molecule has 7 heteroatoms. The fraction of sp³-hybridized carbons (Fsp3) is 0.455. The lowest BCUT2D eigenvalue weighted by Gasteiger charge is -2.15. The highest BCUT2D eigenvalue weighted by Crippen LogP contribution is 2.14. The molecular weight excluding hydrogens is 238 g/mol. The van der Waals surface area contributed by atoms with Gasteiger partial charge in [-0.25, -0.2) is 0 Å². The van der Waals surface area contributed by atoms with Crippen LogP contribution in [0.5, 0.6) is 0 Å². The van der Waals surface area contributed by atoms with Crippen LogP contribution in [-0.4, -0.2) is 36.3 Å². The minimum Gasteiger partial charge on any atom is -0.394 e. The first-order valence-electron chi connectivity index (χ1n) is 5.39. The zero-order chi connectivity index (χ0) is 13.2. The van der Waals surface area contributed by atoms with E-state index in [1.165, 1.54) is 0 Å². The van der Waals surface area contributed by atoms with Crippen LogP contribution >= 0.6 is 0 Å². The van der Waals surface area contributed by atoms with Crippen LogP contribution in [0.1, 0.15) is 5.56 Å². The summed E-state index contributed by atoms with van der Waals surface area (Å²) in [4.78, 5) is 2.67. The van der Waals surface area contributed by atoms with Gasteiger partial charge in [-0.15, -0.1) is 0 Å². The topological polar surface area (TPSA) is 108 Å². The Balaban J connectivity index is 2.44. The molecule has 98 valence electrons. The maximum Gasteiger partial charge on any atom is 0.181 e. The lowest BCUT2D eigenvalue weighted by Crippen LogP contribution is -2.23. The van der Waals surface area contributed by atoms with Gasteiger partial charge in [0.1, 0.15) is 0 Å². The van der Waals surface area contributed by atoms with E-state index in [-0.39, 0.29) is 26.4 Å². The Morgan fingerprint density at radius 3 is 2.50 bits per heavy atom. The van der Waals surface area contributed by atoms with Gasteiger partial charge in [0.2, 0.25) is 0 Å². The van der Waals surface area contributed by atoms with E-state index >= 15 is 0 Å². The van der Waals surface area contributed by atoms with Gasteiger partial charge in [-0.2, -0.15) is 0 Å². The van der Waals surface area contributed by atoms with E-state index in [1.807, 2.05) is 0 Å². The fourth-order valence-electron chi connectivity index (χ4n) is 1.24. The normalized spacial score (nSPS) is 11.9. The van der Waals surface area contributed by atoms with Crippen LogP contribution in [0.4, 0.5) is 5.69 Å². The van der Waals surface area contributed by atoms with Crippen LogP contribution < -0.4 is 0 Å². The second-order valence-corrected chi connectivity index (χ2v) is 3.37. The lowest BCUT2D eigenvalue weighted by molar-refractivity contribution is -0.173. The highest BCUT2D eigenvalue weighted by molar-refractivity contribution is 5.38. The molecular formula is C11H15N3O4. The largest absolute Gasteiger partial charge is 0.394 e. The Kier molecular flexibility index (Phi) is 6.78. The average Bonchev–Trinajstić information content (AvgIpc) is 2.41. The van der Waals surface area contributed by atoms with Crippen LogP contribution in [0.25, 0.3) is 10.4 Å². The van der Waals surface area contributed by atoms with Crippen molar-refractivity contribution in [3.63, 3.8) is 0 Å². The van der Waals surface area contributed by atoms with Crippen molar-refractivity contribution in [3.8, 4) is 0 Å². The van der Waals surface area contributed by atoms with E-state index in [4.69, 9.17) is 25.2 Å². The van der Waals surface area contributed by atoms with Gasteiger partial charge in [0.05, 0.1) is 26.4 Å². The van der Waals surface area contributed by atoms with E-state index in [9.17, 15) is 0 Å². The summed E-state index contributed by atoms with van der Waals surface area (Å²) >= 11 is 0. The van der Waals surface area contributed by atoms with Crippen LogP contribution in [-0.2, 0) is 16.1 Å². The molecule has 1 aromatic rings. The molecule has 1 atom stereocenters. The molecule has 0 saturated carbocycles. The molecule has 1 rings (SSSR count). The Morgan fingerprint density at radius 1 is 1.22 bits per heavy atom. The molecule has 0 fully saturated rings. The van der Waals surface area contributed by atoms with Gasteiger partial charge in [-0.05, 0) is 11.1 Å². The van der Waals surface area contributed by atoms with Crippen molar-refractivity contribution in [1.82, 2.24) is 0 Å². The van der Waals surface area contributed by atoms with E-state index < -0.39 is 6.29 Å². The Hall–Kier alpha value is -1.63. The number of nitrogens with zero attached hydrogens (tertiary/aromatic N) is 3. The lowest BCUT2D eigenvalue weighted by atomic mass is 10.2. The van der Waals surface area contributed by atoms with E-state index in [0.29, 0.717) is 5.69 Å². The standard InChI is InChI=1S/C11H15N3O4/c12-14-13-10-3-1-9(2-4-10)8-18-11(7-16)17-6-5-15/h1-4,11,15-16H,5-8H2/t11-/m1/s1. The summed E-state index contributed by atoms with van der Waals surface area (Å²) in [5, 5.41) is 21.0. The van der Waals surface area contributed by atoms with E-state index in [2.05, 4.69) is 10.0 Å². The zero-order valence-electron chi connectivity index (χ0n) is 9.77. The predicted molar refractivity (Wildman–Crippen MR) is 63.9 cm³/mol. The first-order valence-corrected chi connectivity index (χ1v) is 5.39. The molecule has 0 radical (unpaired) electrons. The molecule has 18 heavy (non-hydrogen) atoms. The number of benzene rings is 1. The van der Waals surface area contributed by atoms with Gasteiger partial charge in [-0.3, -0.25) is 0 Å². The van der Waals surface area contributed by atoms with E-state index in [0.717, 1.165) is 5.56 Å². The first-order chi connectivity index (χ1) is 8.80. The second kappa shape index (κ2) is 8.46. The number of rotatable bonds is 8. The van der Waals surface area contributed by atoms with Crippen molar-refractivity contribution in [3.05, 3.63) is 40.3 Å². The van der Waals surface area contributed by atoms with Crippen molar-refractivity contribution < 1.29 is 19.7 Å². The molecule has 0 bridgehead atoms. The molecule has 0 amide bonds. The van der Waals surface area contributed by atoms with Crippen LogP contribution in [0, 0.1) is 0 Å². The van der Waals surface area contributed by atoms with Crippen molar-refractivity contribution >= 4 is 5.69 Å². The SMILES string of the molecule is [N-]=[N+]=Nc1ccc(CO[C@H](CO)OCCO)cc1. The summed E-state index contributed by atoms with van der Waals surface area (Å²) in [6, 6.07) is 6.84. The zero-order valence-corrected chi connectivity index (χ0v) is 9.77. The number of azide groups is 1. The molecule has 0 aromatic heterocycles. The molecule has 0 spiro atoms. The van der Waals surface area contributed by atoms with E-state index in [1.54, 1.807) is 24.3 Å². The first kappa shape index (κ1) is 14.4. The van der Waals surface area contributed by atoms with Crippen molar-refractivity contribution in [2.45, 2.75) is 12.9 Å². The monoisotopic (exact) mass is 253 g/mol. The highest BCUT2D eigenvalue weighted by atomic mass is 16.7. The fourth-order valence-corrected chi connectivity index (χ4v) is 1.24. The molecule has 7 nitrogen and oxygen atoms in total. The minimum atomic E-state index is -0.756. The Morgan fingerprint density at radius 2 is 1.94 bits per heavy atom. The smallest absolute Gasteiger partial charge is 0.181 e. The van der Waals surface area contributed by atoms with Gasteiger partial charge in [0.25, 0.3) is 0 Å². The van der Waals surface area contributed by atoms with Crippen molar-refractivity contribution in [1.29, 1.82) is 0 Å². The molecule has 1 aromatic carbocycles. The highest BCUT2D eigenvalue weighted by Gasteiger charge is 2.07. The Bertz CT molecular complexity index is 390.